The van der Waals surface area contributed by atoms with Gasteiger partial charge in [-0.25, -0.2) is 9.98 Å². The lowest BCUT2D eigenvalue weighted by Gasteiger charge is -2.42. The maximum Gasteiger partial charge on any atom is 0.443 e. The number of para-hydroxylation sites is 2. The molecular formula is C22H27F3IN5O2S. The van der Waals surface area contributed by atoms with Crippen LogP contribution in [-0.2, 0) is 15.7 Å². The quantitative estimate of drug-likeness (QED) is 0.265. The number of hydrogen-bond donors (Lipinski definition) is 1. The second kappa shape index (κ2) is 11.5. The Labute approximate surface area is 214 Å². The van der Waals surface area contributed by atoms with Crippen LogP contribution < -0.4 is 5.32 Å². The van der Waals surface area contributed by atoms with E-state index in [4.69, 9.17) is 14.5 Å². The average molecular weight is 609 g/mol. The van der Waals surface area contributed by atoms with Gasteiger partial charge in [0, 0.05) is 50.4 Å². The second-order valence-electron chi connectivity index (χ2n) is 7.99. The fraction of sp³-hybridized carbons (Fsp3) is 0.545. The van der Waals surface area contributed by atoms with Crippen molar-refractivity contribution in [3.05, 3.63) is 35.0 Å². The van der Waals surface area contributed by atoms with Crippen LogP contribution in [-0.4, -0.2) is 84.2 Å². The van der Waals surface area contributed by atoms with Crippen molar-refractivity contribution in [3.63, 3.8) is 0 Å². The molecule has 1 aromatic heterocycles. The molecule has 1 aromatic carbocycles. The molecule has 1 saturated heterocycles. The highest BCUT2D eigenvalue weighted by atomic mass is 127. The van der Waals surface area contributed by atoms with Gasteiger partial charge in [0.25, 0.3) is 0 Å². The Balaban J connectivity index is 1.62. The van der Waals surface area contributed by atoms with Crippen molar-refractivity contribution in [2.24, 2.45) is 4.99 Å². The topological polar surface area (TPSA) is 62.2 Å². The molecule has 4 rings (SSSR count). The fourth-order valence-electron chi connectivity index (χ4n) is 4.11. The maximum atomic E-state index is 13.5. The number of methoxy groups -OCH3 is 1. The smallest absolute Gasteiger partial charge is 0.385 e. The molecule has 0 bridgehead atoms. The van der Waals surface area contributed by atoms with Gasteiger partial charge in [0.15, 0.2) is 5.84 Å². The van der Waals surface area contributed by atoms with Crippen molar-refractivity contribution >= 4 is 56.1 Å². The Kier molecular flexibility index (Phi) is 8.66. The van der Waals surface area contributed by atoms with Crippen LogP contribution in [0, 0.1) is 0 Å². The number of ether oxygens (including phenoxy) is 2. The predicted octanol–water partition coefficient (Wildman–Crippen LogP) is 4.77. The molecule has 0 unspecified atom stereocenters. The van der Waals surface area contributed by atoms with E-state index in [2.05, 4.69) is 42.7 Å². The first kappa shape index (κ1) is 25.6. The van der Waals surface area contributed by atoms with Gasteiger partial charge in [-0.05, 0) is 18.6 Å². The zero-order valence-electron chi connectivity index (χ0n) is 18.8. The van der Waals surface area contributed by atoms with Crippen molar-refractivity contribution in [1.29, 1.82) is 0 Å². The molecular weight excluding hydrogens is 582 g/mol. The summed E-state index contributed by atoms with van der Waals surface area (Å²) in [5, 5.41) is 2.61. The van der Waals surface area contributed by atoms with Crippen molar-refractivity contribution in [3.8, 4) is 0 Å². The number of rotatable bonds is 8. The first-order valence-corrected chi connectivity index (χ1v) is 13.4. The van der Waals surface area contributed by atoms with Gasteiger partial charge >= 0.3 is 6.18 Å². The number of nitrogens with zero attached hydrogens (tertiary/aromatic N) is 4. The van der Waals surface area contributed by atoms with E-state index >= 15 is 0 Å². The summed E-state index contributed by atoms with van der Waals surface area (Å²) in [7, 11) is 1.67. The van der Waals surface area contributed by atoms with Crippen LogP contribution in [0.2, 0.25) is 0 Å². The van der Waals surface area contributed by atoms with Crippen LogP contribution >= 0.6 is 33.9 Å². The minimum absolute atomic E-state index is 0.162. The predicted molar refractivity (Wildman–Crippen MR) is 136 cm³/mol. The summed E-state index contributed by atoms with van der Waals surface area (Å²) in [6, 6.07) is 7.53. The molecule has 2 aliphatic heterocycles. The van der Waals surface area contributed by atoms with E-state index in [1.165, 1.54) is 0 Å². The van der Waals surface area contributed by atoms with Gasteiger partial charge in [-0.3, -0.25) is 4.90 Å². The molecule has 1 atom stereocenters. The SMILES string of the molecule is COCC[C@H]1CN(C2=Nc3ccccc3Nc3sc(C(F)(F)F)nc32)CCN1CCOCCI. The minimum atomic E-state index is -4.51. The lowest BCUT2D eigenvalue weighted by atomic mass is 10.1. The van der Waals surface area contributed by atoms with Crippen LogP contribution in [0.4, 0.5) is 29.5 Å². The summed E-state index contributed by atoms with van der Waals surface area (Å²) >= 11 is 2.90. The molecule has 0 radical (unpaired) electrons. The molecule has 34 heavy (non-hydrogen) atoms. The molecule has 0 spiro atoms. The van der Waals surface area contributed by atoms with E-state index < -0.39 is 11.2 Å². The Morgan fingerprint density at radius 3 is 2.79 bits per heavy atom. The Morgan fingerprint density at radius 2 is 2.03 bits per heavy atom. The number of piperazine rings is 1. The van der Waals surface area contributed by atoms with Crippen LogP contribution in [0.3, 0.4) is 0 Å². The van der Waals surface area contributed by atoms with E-state index in [1.807, 2.05) is 24.3 Å². The minimum Gasteiger partial charge on any atom is -0.385 e. The normalized spacial score (nSPS) is 18.7. The van der Waals surface area contributed by atoms with Crippen molar-refractivity contribution in [2.45, 2.75) is 18.6 Å². The van der Waals surface area contributed by atoms with Gasteiger partial charge in [0.1, 0.15) is 10.7 Å². The molecule has 186 valence electrons. The van der Waals surface area contributed by atoms with E-state index in [-0.39, 0.29) is 11.7 Å². The van der Waals surface area contributed by atoms with Gasteiger partial charge in [0.2, 0.25) is 5.01 Å². The summed E-state index contributed by atoms with van der Waals surface area (Å²) in [6.07, 6.45) is -3.71. The van der Waals surface area contributed by atoms with Crippen molar-refractivity contribution in [1.82, 2.24) is 14.8 Å². The van der Waals surface area contributed by atoms with Gasteiger partial charge < -0.3 is 19.7 Å². The fourth-order valence-corrected chi connectivity index (χ4v) is 5.26. The van der Waals surface area contributed by atoms with Gasteiger partial charge in [0.05, 0.1) is 24.6 Å². The van der Waals surface area contributed by atoms with E-state index in [1.54, 1.807) is 7.11 Å². The monoisotopic (exact) mass is 609 g/mol. The van der Waals surface area contributed by atoms with Crippen LogP contribution in [0.15, 0.2) is 29.3 Å². The third kappa shape index (κ3) is 6.01. The lowest BCUT2D eigenvalue weighted by Crippen LogP contribution is -2.55. The molecule has 3 heterocycles. The Hall–Kier alpha value is -1.48. The van der Waals surface area contributed by atoms with Gasteiger partial charge in [-0.1, -0.05) is 46.1 Å². The molecule has 1 fully saturated rings. The van der Waals surface area contributed by atoms with Crippen molar-refractivity contribution < 1.29 is 22.6 Å². The van der Waals surface area contributed by atoms with Crippen molar-refractivity contribution in [2.75, 3.05) is 62.9 Å². The Bertz CT molecular complexity index is 1000. The number of nitrogens with one attached hydrogen (secondary N) is 1. The zero-order valence-corrected chi connectivity index (χ0v) is 21.8. The van der Waals surface area contributed by atoms with Crippen LogP contribution in [0.25, 0.3) is 0 Å². The molecule has 12 heteroatoms. The Morgan fingerprint density at radius 1 is 1.21 bits per heavy atom. The molecule has 0 aliphatic carbocycles. The standard InChI is InChI=1S/C22H27F3IN5O2S/c1-32-11-6-15-14-31(9-8-30(15)10-13-33-12-7-26)19-18-20(34-21(29-18)22(23,24)25)28-17-5-3-2-4-16(17)27-19/h2-5,15,28H,6-14H2,1H3/t15-/m0/s1. The lowest BCUT2D eigenvalue weighted by molar-refractivity contribution is -0.137. The third-order valence-electron chi connectivity index (χ3n) is 5.76. The molecule has 0 saturated carbocycles. The third-order valence-corrected chi connectivity index (χ3v) is 7.22. The number of amidine groups is 1. The molecule has 2 aliphatic rings. The van der Waals surface area contributed by atoms with E-state index in [0.717, 1.165) is 30.5 Å². The summed E-state index contributed by atoms with van der Waals surface area (Å²) in [5.74, 6) is 0.474. The molecule has 0 amide bonds. The highest BCUT2D eigenvalue weighted by molar-refractivity contribution is 14.1. The molecule has 1 N–H and O–H groups in total. The first-order chi connectivity index (χ1) is 16.4. The number of aliphatic imine (C=N–C) groups is 1. The number of fused-ring (bicyclic) bond motifs is 2. The van der Waals surface area contributed by atoms with E-state index in [0.29, 0.717) is 59.9 Å². The molecule has 7 nitrogen and oxygen atoms in total. The second-order valence-corrected chi connectivity index (χ2v) is 10.1. The number of anilines is 2. The zero-order chi connectivity index (χ0) is 24.1. The van der Waals surface area contributed by atoms with Gasteiger partial charge in [-0.2, -0.15) is 13.2 Å². The highest BCUT2D eigenvalue weighted by Gasteiger charge is 2.39. The van der Waals surface area contributed by atoms with Crippen LogP contribution in [0.5, 0.6) is 0 Å². The summed E-state index contributed by atoms with van der Waals surface area (Å²) < 4.78 is 52.5. The van der Waals surface area contributed by atoms with Gasteiger partial charge in [-0.15, -0.1) is 0 Å². The number of alkyl halides is 4. The summed E-state index contributed by atoms with van der Waals surface area (Å²) in [6.45, 7) is 4.78. The number of thiazole rings is 1. The molecule has 2 aromatic rings. The first-order valence-electron chi connectivity index (χ1n) is 11.1. The number of benzene rings is 1. The summed E-state index contributed by atoms with van der Waals surface area (Å²) in [4.78, 5) is 13.2. The largest absolute Gasteiger partial charge is 0.443 e. The average Bonchev–Trinajstić information content (AvgIpc) is 3.18. The summed E-state index contributed by atoms with van der Waals surface area (Å²) in [5.41, 5.74) is 1.59. The number of hydrogen-bond acceptors (Lipinski definition) is 8. The van der Waals surface area contributed by atoms with E-state index in [9.17, 15) is 13.2 Å². The van der Waals surface area contributed by atoms with Crippen LogP contribution in [0.1, 0.15) is 17.1 Å². The number of halogens is 4. The maximum absolute atomic E-state index is 13.5. The highest BCUT2D eigenvalue weighted by Crippen LogP contribution is 2.42. The number of aromatic nitrogens is 1.